The Morgan fingerprint density at radius 2 is 1.21 bits per heavy atom. The second kappa shape index (κ2) is 7.12. The third kappa shape index (κ3) is 3.37. The van der Waals surface area contributed by atoms with Crippen LogP contribution in [0.1, 0.15) is 22.8 Å². The van der Waals surface area contributed by atoms with Gasteiger partial charge in [0.25, 0.3) is 0 Å². The maximum atomic E-state index is 4.89. The van der Waals surface area contributed by atoms with Crippen LogP contribution in [0.5, 0.6) is 0 Å². The van der Waals surface area contributed by atoms with Gasteiger partial charge in [-0.1, -0.05) is 12.1 Å². The molecule has 5 nitrogen and oxygen atoms in total. The fourth-order valence-corrected chi connectivity index (χ4v) is 5.18. The van der Waals surface area contributed by atoms with Crippen LogP contribution in [0, 0.1) is 0 Å². The second-order valence-electron chi connectivity index (χ2n) is 8.07. The molecule has 2 aliphatic rings. The monoisotopic (exact) mass is 443 g/mol. The van der Waals surface area contributed by atoms with Crippen LogP contribution in [-0.4, -0.2) is 24.9 Å². The molecule has 0 radical (unpaired) electrons. The van der Waals surface area contributed by atoms with Gasteiger partial charge in [-0.2, -0.15) is 0 Å². The molecule has 5 aromatic rings. The van der Waals surface area contributed by atoms with Gasteiger partial charge in [0.05, 0.1) is 38.5 Å². The van der Waals surface area contributed by atoms with Crippen molar-refractivity contribution in [1.29, 1.82) is 0 Å². The summed E-state index contributed by atoms with van der Waals surface area (Å²) in [7, 11) is 0. The largest absolute Gasteiger partial charge is 0.355 e. The first-order valence-electron chi connectivity index (χ1n) is 10.7. The highest BCUT2D eigenvalue weighted by Gasteiger charge is 2.11. The van der Waals surface area contributed by atoms with E-state index in [-0.39, 0.29) is 0 Å². The van der Waals surface area contributed by atoms with Gasteiger partial charge >= 0.3 is 0 Å². The Balaban J connectivity index is 1.53. The van der Waals surface area contributed by atoms with Crippen LogP contribution in [0.3, 0.4) is 0 Å². The van der Waals surface area contributed by atoms with Crippen LogP contribution in [0.25, 0.3) is 67.2 Å². The van der Waals surface area contributed by atoms with Gasteiger partial charge in [-0.15, -0.1) is 11.3 Å². The van der Waals surface area contributed by atoms with Gasteiger partial charge < -0.3 is 9.97 Å². The number of para-hydroxylation sites is 1. The average Bonchev–Trinajstić information content (AvgIpc) is 3.61. The van der Waals surface area contributed by atoms with E-state index >= 15 is 0 Å². The highest BCUT2D eigenvalue weighted by Crippen LogP contribution is 2.34. The standard InChI is InChI=1S/C27H17N5S/c1-2-4-26-24(3-1)32-27(33-26)23-14-22-13-20-8-7-18(29-20)11-16-5-6-17(28-16)12-19-9-10-21(30-19)15-25(23)31-22/h1-15,28,31H. The zero-order chi connectivity index (χ0) is 21.8. The summed E-state index contributed by atoms with van der Waals surface area (Å²) in [5, 5.41) is 0.984. The molecular formula is C27H17N5S. The summed E-state index contributed by atoms with van der Waals surface area (Å²) in [6.07, 6.45) is 8.14. The number of hydrogen-bond acceptors (Lipinski definition) is 4. The normalized spacial score (nSPS) is 12.6. The van der Waals surface area contributed by atoms with Gasteiger partial charge in [-0.05, 0) is 78.9 Å². The van der Waals surface area contributed by atoms with Crippen LogP contribution in [0.2, 0.25) is 0 Å². The number of aromatic nitrogens is 5. The summed E-state index contributed by atoms with van der Waals surface area (Å²) in [6, 6.07) is 22.7. The summed E-state index contributed by atoms with van der Waals surface area (Å²) < 4.78 is 1.18. The minimum absolute atomic E-state index is 0.899. The Bertz CT molecular complexity index is 1750. The lowest BCUT2D eigenvalue weighted by Gasteiger charge is -1.91. The minimum atomic E-state index is 0.899. The molecule has 0 fully saturated rings. The Kier molecular flexibility index (Phi) is 3.95. The molecule has 0 spiro atoms. The van der Waals surface area contributed by atoms with Crippen molar-refractivity contribution in [2.45, 2.75) is 0 Å². The second-order valence-corrected chi connectivity index (χ2v) is 9.11. The van der Waals surface area contributed by atoms with Crippen molar-refractivity contribution in [2.75, 3.05) is 0 Å². The first kappa shape index (κ1) is 18.3. The molecule has 0 saturated heterocycles. The number of nitrogens with zero attached hydrogens (tertiary/aromatic N) is 3. The predicted molar refractivity (Wildman–Crippen MR) is 137 cm³/mol. The van der Waals surface area contributed by atoms with Crippen molar-refractivity contribution in [1.82, 2.24) is 24.9 Å². The molecule has 0 saturated carbocycles. The number of hydrogen-bond donors (Lipinski definition) is 2. The smallest absolute Gasteiger partial charge is 0.126 e. The van der Waals surface area contributed by atoms with Gasteiger partial charge in [0.2, 0.25) is 0 Å². The molecule has 33 heavy (non-hydrogen) atoms. The van der Waals surface area contributed by atoms with Gasteiger partial charge in [0.1, 0.15) is 5.01 Å². The molecule has 7 rings (SSSR count). The summed E-state index contributed by atoms with van der Waals surface area (Å²) in [4.78, 5) is 21.4. The third-order valence-corrected chi connectivity index (χ3v) is 6.76. The van der Waals surface area contributed by atoms with E-state index in [0.717, 1.165) is 60.9 Å². The van der Waals surface area contributed by atoms with Crippen LogP contribution in [0.4, 0.5) is 0 Å². The zero-order valence-corrected chi connectivity index (χ0v) is 18.2. The minimum Gasteiger partial charge on any atom is -0.355 e. The third-order valence-electron chi connectivity index (χ3n) is 5.69. The topological polar surface area (TPSA) is 70.2 Å². The Hall–Kier alpha value is -4.29. The van der Waals surface area contributed by atoms with E-state index in [1.807, 2.05) is 42.5 Å². The fourth-order valence-electron chi connectivity index (χ4n) is 4.18. The number of thiazole rings is 1. The maximum Gasteiger partial charge on any atom is 0.126 e. The highest BCUT2D eigenvalue weighted by molar-refractivity contribution is 7.21. The molecule has 1 aromatic carbocycles. The van der Waals surface area contributed by atoms with Crippen molar-refractivity contribution in [3.05, 3.63) is 89.5 Å². The summed E-state index contributed by atoms with van der Waals surface area (Å²) in [5.74, 6) is 0. The number of fused-ring (bicyclic) bond motifs is 9. The lowest BCUT2D eigenvalue weighted by molar-refractivity contribution is 1.31. The molecule has 8 bridgehead atoms. The molecule has 0 amide bonds. The van der Waals surface area contributed by atoms with Gasteiger partial charge in [0, 0.05) is 22.1 Å². The molecule has 2 N–H and O–H groups in total. The molecular weight excluding hydrogens is 426 g/mol. The van der Waals surface area contributed by atoms with Gasteiger partial charge in [-0.25, -0.2) is 15.0 Å². The van der Waals surface area contributed by atoms with Crippen LogP contribution in [-0.2, 0) is 0 Å². The van der Waals surface area contributed by atoms with Gasteiger partial charge in [-0.3, -0.25) is 0 Å². The Morgan fingerprint density at radius 1 is 0.576 bits per heavy atom. The van der Waals surface area contributed by atoms with Crippen LogP contribution in [0.15, 0.2) is 66.7 Å². The molecule has 6 heterocycles. The number of aromatic amines is 2. The van der Waals surface area contributed by atoms with E-state index in [2.05, 4.69) is 58.5 Å². The number of rotatable bonds is 1. The molecule has 0 atom stereocenters. The van der Waals surface area contributed by atoms with E-state index < -0.39 is 0 Å². The van der Waals surface area contributed by atoms with E-state index in [1.54, 1.807) is 11.3 Å². The summed E-state index contributed by atoms with van der Waals surface area (Å²) >= 11 is 1.70. The highest BCUT2D eigenvalue weighted by atomic mass is 32.1. The zero-order valence-electron chi connectivity index (χ0n) is 17.4. The number of benzene rings is 1. The molecule has 2 aliphatic heterocycles. The SMILES string of the molecule is C1=Cc2cc3cc(-c4nc5ccccc5s4)c(cc4nc(cc5ccc(cc1n2)[nH]5)C=C4)[nH]3. The number of nitrogens with one attached hydrogen (secondary N) is 2. The fraction of sp³-hybridized carbons (Fsp3) is 0. The van der Waals surface area contributed by atoms with Crippen molar-refractivity contribution in [3.8, 4) is 10.6 Å². The van der Waals surface area contributed by atoms with E-state index in [0.29, 0.717) is 0 Å². The van der Waals surface area contributed by atoms with Crippen molar-refractivity contribution in [2.24, 2.45) is 0 Å². The summed E-state index contributed by atoms with van der Waals surface area (Å²) in [5.41, 5.74) is 9.69. The first-order chi connectivity index (χ1) is 16.2. The lowest BCUT2D eigenvalue weighted by Crippen LogP contribution is -1.76. The Labute approximate surface area is 192 Å². The molecule has 4 aromatic heterocycles. The van der Waals surface area contributed by atoms with Crippen LogP contribution >= 0.6 is 11.3 Å². The number of H-pyrrole nitrogens is 2. The quantitative estimate of drug-likeness (QED) is 0.289. The maximum absolute atomic E-state index is 4.89. The van der Waals surface area contributed by atoms with Crippen molar-refractivity contribution in [3.63, 3.8) is 0 Å². The van der Waals surface area contributed by atoms with E-state index in [9.17, 15) is 0 Å². The predicted octanol–water partition coefficient (Wildman–Crippen LogP) is 6.93. The molecule has 6 heteroatoms. The lowest BCUT2D eigenvalue weighted by atomic mass is 10.2. The molecule has 0 aliphatic carbocycles. The van der Waals surface area contributed by atoms with Crippen molar-refractivity contribution < 1.29 is 0 Å². The Morgan fingerprint density at radius 3 is 1.91 bits per heavy atom. The molecule has 156 valence electrons. The van der Waals surface area contributed by atoms with Crippen molar-refractivity contribution >= 4 is 67.9 Å². The van der Waals surface area contributed by atoms with Crippen LogP contribution < -0.4 is 0 Å². The average molecular weight is 444 g/mol. The summed E-state index contributed by atoms with van der Waals surface area (Å²) in [6.45, 7) is 0. The first-order valence-corrected chi connectivity index (χ1v) is 11.5. The van der Waals surface area contributed by atoms with E-state index in [4.69, 9.17) is 15.0 Å². The molecule has 0 unspecified atom stereocenters. The van der Waals surface area contributed by atoms with E-state index in [1.165, 1.54) is 4.70 Å². The van der Waals surface area contributed by atoms with Gasteiger partial charge in [0.15, 0.2) is 0 Å².